The van der Waals surface area contributed by atoms with E-state index in [0.29, 0.717) is 0 Å². The number of hydrogen-bond acceptors (Lipinski definition) is 1. The van der Waals surface area contributed by atoms with Crippen LogP contribution in [0.1, 0.15) is 29.5 Å². The van der Waals surface area contributed by atoms with Crippen molar-refractivity contribution in [2.45, 2.75) is 38.8 Å². The Kier molecular flexibility index (Phi) is 4.06. The molecule has 1 aliphatic heterocycles. The van der Waals surface area contributed by atoms with Gasteiger partial charge in [-0.05, 0) is 49.0 Å². The molecule has 1 aromatic carbocycles. The average molecular weight is 254 g/mol. The fourth-order valence-electron chi connectivity index (χ4n) is 2.04. The van der Waals surface area contributed by atoms with Crippen LogP contribution in [0.2, 0.25) is 11.1 Å². The van der Waals surface area contributed by atoms with E-state index in [2.05, 4.69) is 26.0 Å². The minimum atomic E-state index is -0.636. The highest BCUT2D eigenvalue weighted by Crippen LogP contribution is 2.26. The molecule has 0 amide bonds. The van der Waals surface area contributed by atoms with E-state index in [1.165, 1.54) is 35.6 Å². The summed E-state index contributed by atoms with van der Waals surface area (Å²) in [7, 11) is -0.636. The van der Waals surface area contributed by atoms with Crippen LogP contribution in [0.5, 0.6) is 0 Å². The number of benzene rings is 1. The lowest BCUT2D eigenvalue weighted by Gasteiger charge is -2.21. The quantitative estimate of drug-likeness (QED) is 0.728. The Bertz CT molecular complexity index is 372. The molecule has 3 heteroatoms. The van der Waals surface area contributed by atoms with Gasteiger partial charge in [-0.15, -0.1) is 0 Å². The monoisotopic (exact) mass is 253 g/mol. The first kappa shape index (κ1) is 12.2. The largest absolute Gasteiger partial charge is 0.416 e. The second-order valence-electron chi connectivity index (χ2n) is 4.50. The van der Waals surface area contributed by atoms with Gasteiger partial charge in [-0.3, -0.25) is 0 Å². The topological polar surface area (TPSA) is 9.23 Å². The minimum Gasteiger partial charge on any atom is -0.416 e. The second-order valence-corrected chi connectivity index (χ2v) is 7.10. The van der Waals surface area contributed by atoms with Gasteiger partial charge in [0.05, 0.1) is 0 Å². The van der Waals surface area contributed by atoms with Crippen molar-refractivity contribution in [2.24, 2.45) is 0 Å². The summed E-state index contributed by atoms with van der Waals surface area (Å²) in [6.45, 7) is 5.16. The van der Waals surface area contributed by atoms with Crippen molar-refractivity contribution in [3.05, 3.63) is 33.8 Å². The molecule has 0 N–H and O–H groups in total. The summed E-state index contributed by atoms with van der Waals surface area (Å²) in [5.74, 6) is 0. The zero-order valence-corrected chi connectivity index (χ0v) is 11.7. The van der Waals surface area contributed by atoms with E-state index < -0.39 is 9.04 Å². The summed E-state index contributed by atoms with van der Waals surface area (Å²) in [5.41, 5.74) is 3.77. The van der Waals surface area contributed by atoms with Crippen LogP contribution >= 0.6 is 11.6 Å². The third-order valence-corrected chi connectivity index (χ3v) is 6.11. The highest BCUT2D eigenvalue weighted by molar-refractivity contribution is 6.51. The van der Waals surface area contributed by atoms with Crippen molar-refractivity contribution in [3.63, 3.8) is 0 Å². The molecule has 1 aliphatic rings. The number of halogens is 1. The van der Waals surface area contributed by atoms with E-state index in [1.807, 2.05) is 0 Å². The van der Waals surface area contributed by atoms with Gasteiger partial charge < -0.3 is 4.43 Å². The van der Waals surface area contributed by atoms with E-state index >= 15 is 0 Å². The van der Waals surface area contributed by atoms with Crippen molar-refractivity contribution in [3.8, 4) is 0 Å². The minimum absolute atomic E-state index is 0.636. The van der Waals surface area contributed by atoms with Crippen molar-refractivity contribution >= 4 is 20.6 Å². The molecule has 0 atom stereocenters. The molecule has 1 fully saturated rings. The fraction of sp³-hybridized carbons (Fsp3) is 0.538. The zero-order chi connectivity index (χ0) is 11.5. The van der Waals surface area contributed by atoms with Crippen LogP contribution < -0.4 is 0 Å². The van der Waals surface area contributed by atoms with Crippen LogP contribution in [0.3, 0.4) is 0 Å². The van der Waals surface area contributed by atoms with Gasteiger partial charge in [-0.1, -0.05) is 30.2 Å². The molecule has 1 heterocycles. The number of hydrogen-bond donors (Lipinski definition) is 0. The van der Waals surface area contributed by atoms with Crippen molar-refractivity contribution in [1.82, 2.24) is 0 Å². The Labute approximate surface area is 104 Å². The summed E-state index contributed by atoms with van der Waals surface area (Å²) >= 11 is 6.38. The van der Waals surface area contributed by atoms with Gasteiger partial charge in [0.15, 0.2) is 0 Å². The highest BCUT2D eigenvalue weighted by Gasteiger charge is 2.19. The maximum absolute atomic E-state index is 6.38. The third kappa shape index (κ3) is 2.68. The molecule has 1 aromatic rings. The molecule has 0 spiro atoms. The third-order valence-electron chi connectivity index (χ3n) is 3.28. The van der Waals surface area contributed by atoms with Crippen molar-refractivity contribution in [1.29, 1.82) is 0 Å². The molecule has 0 aromatic heterocycles. The predicted octanol–water partition coefficient (Wildman–Crippen LogP) is 3.84. The smallest absolute Gasteiger partial charge is 0.215 e. The molecule has 0 bridgehead atoms. The molecule has 16 heavy (non-hydrogen) atoms. The van der Waals surface area contributed by atoms with Crippen LogP contribution in [0, 0.1) is 13.8 Å². The van der Waals surface area contributed by atoms with Gasteiger partial charge in [-0.25, -0.2) is 0 Å². The molecule has 1 nitrogen and oxygen atoms in total. The summed E-state index contributed by atoms with van der Waals surface area (Å²) < 4.78 is 5.85. The summed E-state index contributed by atoms with van der Waals surface area (Å²) in [5, 5.41) is 0.951. The first-order chi connectivity index (χ1) is 7.68. The Balaban J connectivity index is 2.11. The van der Waals surface area contributed by atoms with E-state index in [4.69, 9.17) is 16.0 Å². The first-order valence-electron chi connectivity index (χ1n) is 5.90. The van der Waals surface area contributed by atoms with Crippen molar-refractivity contribution in [2.75, 3.05) is 6.61 Å². The molecule has 2 rings (SSSR count). The Morgan fingerprint density at radius 3 is 2.81 bits per heavy atom. The van der Waals surface area contributed by atoms with Crippen LogP contribution in [-0.4, -0.2) is 15.6 Å². The highest BCUT2D eigenvalue weighted by atomic mass is 35.5. The summed E-state index contributed by atoms with van der Waals surface area (Å²) in [4.78, 5) is 0. The van der Waals surface area contributed by atoms with Gasteiger partial charge in [0.25, 0.3) is 0 Å². The SMILES string of the molecule is Cc1ccc(C[Si]2CCCCO2)c(Cl)c1C. The first-order valence-corrected chi connectivity index (χ1v) is 8.10. The zero-order valence-electron chi connectivity index (χ0n) is 9.98. The lowest BCUT2D eigenvalue weighted by Crippen LogP contribution is -2.26. The fourth-order valence-corrected chi connectivity index (χ4v) is 4.65. The Hall–Kier alpha value is -0.313. The van der Waals surface area contributed by atoms with Gasteiger partial charge >= 0.3 is 0 Å². The average Bonchev–Trinajstić information content (AvgIpc) is 2.31. The van der Waals surface area contributed by atoms with Gasteiger partial charge in [0.1, 0.15) is 0 Å². The Morgan fingerprint density at radius 1 is 1.31 bits per heavy atom. The van der Waals surface area contributed by atoms with Crippen LogP contribution in [-0.2, 0) is 10.5 Å². The van der Waals surface area contributed by atoms with Crippen LogP contribution in [0.25, 0.3) is 0 Å². The normalized spacial score (nSPS) is 17.7. The molecule has 87 valence electrons. The summed E-state index contributed by atoms with van der Waals surface area (Å²) in [6, 6.07) is 6.67. The Morgan fingerprint density at radius 2 is 2.12 bits per heavy atom. The van der Waals surface area contributed by atoms with Crippen LogP contribution in [0.4, 0.5) is 0 Å². The maximum Gasteiger partial charge on any atom is 0.215 e. The van der Waals surface area contributed by atoms with Crippen molar-refractivity contribution < 1.29 is 4.43 Å². The van der Waals surface area contributed by atoms with Crippen LogP contribution in [0.15, 0.2) is 12.1 Å². The standard InChI is InChI=1S/C13H18ClOSi/c1-10-5-6-12(13(14)11(10)2)9-16-8-4-3-7-15-16/h5-6H,3-4,7-9H2,1-2H3. The molecule has 1 radical (unpaired) electrons. The molecule has 0 aliphatic carbocycles. The molecule has 0 saturated carbocycles. The molecule has 0 unspecified atom stereocenters. The van der Waals surface area contributed by atoms with E-state index in [1.54, 1.807) is 0 Å². The summed E-state index contributed by atoms with van der Waals surface area (Å²) in [6.07, 6.45) is 2.56. The molecule has 1 saturated heterocycles. The van der Waals surface area contributed by atoms with Gasteiger partial charge in [0, 0.05) is 11.6 Å². The lowest BCUT2D eigenvalue weighted by atomic mass is 10.1. The maximum atomic E-state index is 6.38. The van der Waals surface area contributed by atoms with Gasteiger partial charge in [-0.2, -0.15) is 0 Å². The van der Waals surface area contributed by atoms with E-state index in [-0.39, 0.29) is 0 Å². The lowest BCUT2D eigenvalue weighted by molar-refractivity contribution is 0.286. The van der Waals surface area contributed by atoms with E-state index in [0.717, 1.165) is 17.7 Å². The predicted molar refractivity (Wildman–Crippen MR) is 70.4 cm³/mol. The molecular formula is C13H18ClOSi. The number of rotatable bonds is 2. The van der Waals surface area contributed by atoms with E-state index in [9.17, 15) is 0 Å². The molecular weight excluding hydrogens is 236 g/mol. The second kappa shape index (κ2) is 5.35. The number of aryl methyl sites for hydroxylation is 1. The van der Waals surface area contributed by atoms with Gasteiger partial charge in [0.2, 0.25) is 9.04 Å².